The minimum atomic E-state index is -4.00. The summed E-state index contributed by atoms with van der Waals surface area (Å²) in [5.74, 6) is -0.0216. The number of aryl methyl sites for hydroxylation is 4. The van der Waals surface area contributed by atoms with Crippen molar-refractivity contribution < 1.29 is 18.6 Å². The van der Waals surface area contributed by atoms with E-state index in [4.69, 9.17) is 0 Å². The van der Waals surface area contributed by atoms with Crippen molar-refractivity contribution in [3.63, 3.8) is 0 Å². The maximum Gasteiger partial charge on any atom is 0.207 e. The van der Waals surface area contributed by atoms with Gasteiger partial charge in [0, 0.05) is 11.1 Å². The highest BCUT2D eigenvalue weighted by molar-refractivity contribution is 7.91. The predicted octanol–water partition coefficient (Wildman–Crippen LogP) is 6.50. The summed E-state index contributed by atoms with van der Waals surface area (Å²) in [4.78, 5) is 0.197. The number of benzene rings is 4. The third kappa shape index (κ3) is 4.50. The van der Waals surface area contributed by atoms with Gasteiger partial charge in [-0.05, 0) is 75.2 Å². The van der Waals surface area contributed by atoms with E-state index in [2.05, 4.69) is 0 Å². The molecule has 0 bridgehead atoms. The van der Waals surface area contributed by atoms with Crippen molar-refractivity contribution in [1.29, 1.82) is 0 Å². The van der Waals surface area contributed by atoms with Crippen LogP contribution in [0.15, 0.2) is 82.6 Å². The van der Waals surface area contributed by atoms with Crippen LogP contribution in [0.3, 0.4) is 0 Å². The highest BCUT2D eigenvalue weighted by Crippen LogP contribution is 2.39. The molecule has 0 aliphatic rings. The number of aromatic hydroxyl groups is 2. The minimum Gasteiger partial charge on any atom is -0.508 e. The summed E-state index contributed by atoms with van der Waals surface area (Å²) in [7, 11) is -4.00. The molecule has 0 unspecified atom stereocenters. The quantitative estimate of drug-likeness (QED) is 0.366. The van der Waals surface area contributed by atoms with Crippen molar-refractivity contribution in [2.45, 2.75) is 37.5 Å². The molecule has 0 aromatic heterocycles. The first-order valence-electron chi connectivity index (χ1n) is 10.6. The summed E-state index contributed by atoms with van der Waals surface area (Å²) in [5, 5.41) is 20.4. The van der Waals surface area contributed by atoms with Crippen LogP contribution in [0.5, 0.6) is 11.5 Å². The average Bonchev–Trinajstić information content (AvgIpc) is 2.72. The van der Waals surface area contributed by atoms with Gasteiger partial charge in [0.1, 0.15) is 11.5 Å². The van der Waals surface area contributed by atoms with Crippen molar-refractivity contribution in [2.24, 2.45) is 0 Å². The fourth-order valence-corrected chi connectivity index (χ4v) is 6.00. The molecule has 4 nitrogen and oxygen atoms in total. The van der Waals surface area contributed by atoms with Gasteiger partial charge in [-0.2, -0.15) is 0 Å². The Morgan fingerprint density at radius 3 is 1.18 bits per heavy atom. The highest BCUT2D eigenvalue weighted by Gasteiger charge is 2.26. The Balaban J connectivity index is 2.00. The first-order chi connectivity index (χ1) is 15.5. The summed E-state index contributed by atoms with van der Waals surface area (Å²) in [6.07, 6.45) is 0. The van der Waals surface area contributed by atoms with Gasteiger partial charge in [-0.1, -0.05) is 58.7 Å². The third-order valence-electron chi connectivity index (χ3n) is 5.57. The summed E-state index contributed by atoms with van der Waals surface area (Å²) < 4.78 is 28.0. The zero-order valence-corrected chi connectivity index (χ0v) is 19.9. The standard InChI is InChI=1S/C28H26O4S/c1-17-9-18(2)12-21(11-17)25-15-23(29)5-7-27(25)33(31,32)28-8-6-24(30)16-26(28)22-13-19(3)10-20(4)14-22/h5-16,29-30H,1-4H3. The van der Waals surface area contributed by atoms with Gasteiger partial charge >= 0.3 is 0 Å². The molecule has 0 fully saturated rings. The summed E-state index contributed by atoms with van der Waals surface area (Å²) in [6.45, 7) is 7.80. The molecule has 0 radical (unpaired) electrons. The lowest BCUT2D eigenvalue weighted by atomic mass is 10.0. The minimum absolute atomic E-state index is 0.0108. The van der Waals surface area contributed by atoms with E-state index in [9.17, 15) is 18.6 Å². The van der Waals surface area contributed by atoms with E-state index in [-0.39, 0.29) is 21.3 Å². The van der Waals surface area contributed by atoms with Gasteiger partial charge in [-0.3, -0.25) is 0 Å². The van der Waals surface area contributed by atoms with Gasteiger partial charge in [0.05, 0.1) is 9.79 Å². The second-order valence-corrected chi connectivity index (χ2v) is 10.5. The van der Waals surface area contributed by atoms with Gasteiger partial charge in [-0.15, -0.1) is 0 Å². The van der Waals surface area contributed by atoms with Crippen molar-refractivity contribution in [3.05, 3.63) is 95.1 Å². The Labute approximate surface area is 194 Å². The van der Waals surface area contributed by atoms with Crippen LogP contribution >= 0.6 is 0 Å². The molecular weight excluding hydrogens is 432 g/mol. The third-order valence-corrected chi connectivity index (χ3v) is 7.44. The molecule has 2 N–H and O–H groups in total. The van der Waals surface area contributed by atoms with Crippen LogP contribution < -0.4 is 0 Å². The lowest BCUT2D eigenvalue weighted by molar-refractivity contribution is 0.474. The highest BCUT2D eigenvalue weighted by atomic mass is 32.2. The Morgan fingerprint density at radius 1 is 0.515 bits per heavy atom. The summed E-state index contributed by atoms with van der Waals surface area (Å²) >= 11 is 0. The smallest absolute Gasteiger partial charge is 0.207 e. The van der Waals surface area contributed by atoms with Crippen molar-refractivity contribution >= 4 is 9.84 Å². The van der Waals surface area contributed by atoms with Crippen molar-refractivity contribution in [3.8, 4) is 33.8 Å². The van der Waals surface area contributed by atoms with Gasteiger partial charge < -0.3 is 10.2 Å². The van der Waals surface area contributed by atoms with E-state index in [1.807, 2.05) is 64.1 Å². The van der Waals surface area contributed by atoms with E-state index in [1.165, 1.54) is 36.4 Å². The zero-order chi connectivity index (χ0) is 23.9. The molecule has 0 saturated heterocycles. The molecule has 4 aromatic carbocycles. The molecule has 33 heavy (non-hydrogen) atoms. The molecule has 4 rings (SSSR count). The zero-order valence-electron chi connectivity index (χ0n) is 19.0. The van der Waals surface area contributed by atoms with E-state index >= 15 is 0 Å². The topological polar surface area (TPSA) is 74.6 Å². The predicted molar refractivity (Wildman–Crippen MR) is 131 cm³/mol. The monoisotopic (exact) mass is 458 g/mol. The molecule has 0 saturated carbocycles. The molecule has 0 spiro atoms. The second kappa shape index (κ2) is 8.41. The molecule has 168 valence electrons. The van der Waals surface area contributed by atoms with Gasteiger partial charge in [-0.25, -0.2) is 8.42 Å². The van der Waals surface area contributed by atoms with Gasteiger partial charge in [0.15, 0.2) is 0 Å². The van der Waals surface area contributed by atoms with Crippen LogP contribution in [-0.2, 0) is 9.84 Å². The Hall–Kier alpha value is -3.57. The first-order valence-corrected chi connectivity index (χ1v) is 12.1. The summed E-state index contributed by atoms with van der Waals surface area (Å²) in [5.41, 5.74) is 6.29. The van der Waals surface area contributed by atoms with E-state index in [1.54, 1.807) is 0 Å². The number of rotatable bonds is 4. The molecular formula is C28H26O4S. The van der Waals surface area contributed by atoms with Gasteiger partial charge in [0.25, 0.3) is 0 Å². The largest absolute Gasteiger partial charge is 0.508 e. The molecule has 0 aliphatic heterocycles. The average molecular weight is 459 g/mol. The fraction of sp³-hybridized carbons (Fsp3) is 0.143. The molecule has 0 atom stereocenters. The van der Waals surface area contributed by atoms with E-state index in [0.29, 0.717) is 22.3 Å². The Bertz CT molecular complexity index is 1340. The number of hydrogen-bond acceptors (Lipinski definition) is 4. The first kappa shape index (κ1) is 22.6. The van der Waals surface area contributed by atoms with Crippen LogP contribution in [-0.4, -0.2) is 18.6 Å². The Morgan fingerprint density at radius 2 is 0.848 bits per heavy atom. The van der Waals surface area contributed by atoms with Crippen LogP contribution in [0, 0.1) is 27.7 Å². The maximum atomic E-state index is 14.0. The fourth-order valence-electron chi connectivity index (χ4n) is 4.33. The maximum absolute atomic E-state index is 14.0. The number of sulfone groups is 1. The van der Waals surface area contributed by atoms with Gasteiger partial charge in [0.2, 0.25) is 9.84 Å². The SMILES string of the molecule is Cc1cc(C)cc(-c2cc(O)ccc2S(=O)(=O)c2ccc(O)cc2-c2cc(C)cc(C)c2)c1. The Kier molecular flexibility index (Phi) is 5.76. The molecule has 4 aromatic rings. The number of phenols is 2. The molecule has 0 heterocycles. The number of phenolic OH excluding ortho intramolecular Hbond substituents is 2. The van der Waals surface area contributed by atoms with Crippen LogP contribution in [0.2, 0.25) is 0 Å². The van der Waals surface area contributed by atoms with Crippen molar-refractivity contribution in [1.82, 2.24) is 0 Å². The van der Waals surface area contributed by atoms with Crippen molar-refractivity contribution in [2.75, 3.05) is 0 Å². The lowest BCUT2D eigenvalue weighted by Crippen LogP contribution is -2.06. The van der Waals surface area contributed by atoms with E-state index in [0.717, 1.165) is 22.3 Å². The van der Waals surface area contributed by atoms with Crippen LogP contribution in [0.25, 0.3) is 22.3 Å². The summed E-state index contributed by atoms with van der Waals surface area (Å²) in [6, 6.07) is 20.3. The normalized spacial score (nSPS) is 11.5. The molecule has 0 aliphatic carbocycles. The molecule has 0 amide bonds. The molecule has 5 heteroatoms. The number of hydrogen-bond donors (Lipinski definition) is 2. The second-order valence-electron chi connectivity index (χ2n) is 8.62. The van der Waals surface area contributed by atoms with Crippen LogP contribution in [0.1, 0.15) is 22.3 Å². The van der Waals surface area contributed by atoms with E-state index < -0.39 is 9.84 Å². The lowest BCUT2D eigenvalue weighted by Gasteiger charge is -2.16. The van der Waals surface area contributed by atoms with Crippen LogP contribution in [0.4, 0.5) is 0 Å².